The summed E-state index contributed by atoms with van der Waals surface area (Å²) >= 11 is 6.11. The number of ether oxygens (including phenoxy) is 1. The van der Waals surface area contributed by atoms with Crippen LogP contribution in [0.25, 0.3) is 10.8 Å². The molecule has 0 bridgehead atoms. The van der Waals surface area contributed by atoms with Crippen LogP contribution in [0.3, 0.4) is 0 Å². The Labute approximate surface area is 201 Å². The van der Waals surface area contributed by atoms with Crippen LogP contribution in [0, 0.1) is 5.82 Å². The second-order valence-corrected chi connectivity index (χ2v) is 7.98. The Kier molecular flexibility index (Phi) is 8.26. The summed E-state index contributed by atoms with van der Waals surface area (Å²) in [6.45, 7) is 3.44. The highest BCUT2D eigenvalue weighted by Crippen LogP contribution is 2.18. The number of hydrogen-bond donors (Lipinski definition) is 3. The fourth-order valence-electron chi connectivity index (χ4n) is 3.18. The van der Waals surface area contributed by atoms with E-state index in [0.29, 0.717) is 15.8 Å². The Bertz CT molecular complexity index is 1210. The zero-order valence-electron chi connectivity index (χ0n) is 18.4. The summed E-state index contributed by atoms with van der Waals surface area (Å²) < 4.78 is 18.7. The third-order valence-electron chi connectivity index (χ3n) is 5.05. The van der Waals surface area contributed by atoms with Crippen molar-refractivity contribution in [1.82, 2.24) is 15.2 Å². The molecule has 0 aliphatic carbocycles. The second kappa shape index (κ2) is 11.3. The summed E-state index contributed by atoms with van der Waals surface area (Å²) in [5.74, 6) is -0.398. The maximum absolute atomic E-state index is 13.5. The molecule has 0 aliphatic rings. The lowest BCUT2D eigenvalue weighted by molar-refractivity contribution is 0.112. The number of aliphatic hydroxyl groups is 1. The zero-order chi connectivity index (χ0) is 24.7. The Morgan fingerprint density at radius 2 is 2.00 bits per heavy atom. The number of amides is 3. The average molecular weight is 487 g/mol. The number of halogens is 2. The maximum Gasteiger partial charge on any atom is 0.412 e. The number of carbonyl (C=O) groups is 2. The number of aliphatic hydroxyl groups excluding tert-OH is 1. The Morgan fingerprint density at radius 3 is 2.74 bits per heavy atom. The molecule has 0 saturated heterocycles. The normalized spacial score (nSPS) is 11.5. The molecule has 178 valence electrons. The van der Waals surface area contributed by atoms with Gasteiger partial charge in [0.25, 0.3) is 0 Å². The summed E-state index contributed by atoms with van der Waals surface area (Å²) in [5, 5.41) is 16.7. The number of urea groups is 1. The smallest absolute Gasteiger partial charge is 0.412 e. The van der Waals surface area contributed by atoms with Crippen LogP contribution in [0.15, 0.2) is 67.1 Å². The van der Waals surface area contributed by atoms with Crippen molar-refractivity contribution in [2.24, 2.45) is 0 Å². The van der Waals surface area contributed by atoms with Gasteiger partial charge in [-0.3, -0.25) is 5.32 Å². The molecular weight excluding hydrogens is 463 g/mol. The summed E-state index contributed by atoms with van der Waals surface area (Å²) in [4.78, 5) is 30.3. The van der Waals surface area contributed by atoms with E-state index >= 15 is 0 Å². The lowest BCUT2D eigenvalue weighted by Crippen LogP contribution is -2.46. The minimum absolute atomic E-state index is 0.00318. The molecule has 1 aromatic heterocycles. The summed E-state index contributed by atoms with van der Waals surface area (Å²) in [6, 6.07) is 11.7. The van der Waals surface area contributed by atoms with E-state index in [1.54, 1.807) is 24.3 Å². The predicted molar refractivity (Wildman–Crippen MR) is 128 cm³/mol. The van der Waals surface area contributed by atoms with Gasteiger partial charge < -0.3 is 20.1 Å². The predicted octanol–water partition coefficient (Wildman–Crippen LogP) is 5.25. The molecule has 2 aromatic carbocycles. The number of carbonyl (C=O) groups excluding carboxylic acids is 2. The van der Waals surface area contributed by atoms with Crippen molar-refractivity contribution in [2.45, 2.75) is 19.0 Å². The Morgan fingerprint density at radius 1 is 1.24 bits per heavy atom. The standard InChI is InChI=1S/C24H24ClFN4O4/c1-15(31)9-20(30(2)23(32)28-13-17-5-3-4-6-21(17)25)14-34-24(33)29-22-11-18-10-19(26)8-7-16(18)12-27-22/h3-8,10-12,20,31H,1,9,13-14H2,2H3,(H,28,32)(H,27,29,33)/t20-/m0/s1. The van der Waals surface area contributed by atoms with Gasteiger partial charge in [-0.05, 0) is 41.3 Å². The van der Waals surface area contributed by atoms with Gasteiger partial charge in [-0.1, -0.05) is 36.4 Å². The molecule has 3 amide bonds. The molecule has 8 nitrogen and oxygen atoms in total. The van der Waals surface area contributed by atoms with Gasteiger partial charge in [-0.25, -0.2) is 19.0 Å². The molecule has 3 aromatic rings. The Hall–Kier alpha value is -3.85. The first kappa shape index (κ1) is 24.8. The van der Waals surface area contributed by atoms with E-state index in [2.05, 4.69) is 22.2 Å². The highest BCUT2D eigenvalue weighted by Gasteiger charge is 2.23. The lowest BCUT2D eigenvalue weighted by atomic mass is 10.2. The number of nitrogens with one attached hydrogen (secondary N) is 2. The van der Waals surface area contributed by atoms with Crippen LogP contribution >= 0.6 is 11.6 Å². The van der Waals surface area contributed by atoms with E-state index in [9.17, 15) is 19.1 Å². The largest absolute Gasteiger partial charge is 0.513 e. The lowest BCUT2D eigenvalue weighted by Gasteiger charge is -2.28. The number of benzene rings is 2. The van der Waals surface area contributed by atoms with Crippen LogP contribution in [0.1, 0.15) is 12.0 Å². The number of hydrogen-bond acceptors (Lipinski definition) is 5. The number of rotatable bonds is 8. The molecule has 3 N–H and O–H groups in total. The number of nitrogens with zero attached hydrogens (tertiary/aromatic N) is 2. The monoisotopic (exact) mass is 486 g/mol. The van der Waals surface area contributed by atoms with Crippen molar-refractivity contribution >= 4 is 40.3 Å². The van der Waals surface area contributed by atoms with E-state index in [-0.39, 0.29) is 31.1 Å². The second-order valence-electron chi connectivity index (χ2n) is 7.57. The summed E-state index contributed by atoms with van der Waals surface area (Å²) in [7, 11) is 1.51. The van der Waals surface area contributed by atoms with Crippen molar-refractivity contribution in [1.29, 1.82) is 0 Å². The quantitative estimate of drug-likeness (QED) is 0.377. The molecule has 34 heavy (non-hydrogen) atoms. The average Bonchev–Trinajstić information content (AvgIpc) is 2.80. The fourth-order valence-corrected chi connectivity index (χ4v) is 3.38. The molecule has 0 spiro atoms. The maximum atomic E-state index is 13.5. The van der Waals surface area contributed by atoms with Gasteiger partial charge in [0.05, 0.1) is 11.8 Å². The van der Waals surface area contributed by atoms with Crippen LogP contribution in [0.4, 0.5) is 19.8 Å². The molecular formula is C24H24ClFN4O4. The number of aromatic nitrogens is 1. The van der Waals surface area contributed by atoms with E-state index in [1.165, 1.54) is 36.3 Å². The van der Waals surface area contributed by atoms with Crippen molar-refractivity contribution in [3.8, 4) is 0 Å². The molecule has 0 unspecified atom stereocenters. The third-order valence-corrected chi connectivity index (χ3v) is 5.42. The van der Waals surface area contributed by atoms with E-state index < -0.39 is 24.0 Å². The van der Waals surface area contributed by atoms with Gasteiger partial charge in [-0.2, -0.15) is 0 Å². The van der Waals surface area contributed by atoms with Gasteiger partial charge in [-0.15, -0.1) is 0 Å². The van der Waals surface area contributed by atoms with Gasteiger partial charge in [0.15, 0.2) is 0 Å². The molecule has 0 fully saturated rings. The third kappa shape index (κ3) is 6.82. The van der Waals surface area contributed by atoms with Crippen molar-refractivity contribution in [3.05, 3.63) is 83.5 Å². The van der Waals surface area contributed by atoms with E-state index in [4.69, 9.17) is 16.3 Å². The molecule has 10 heteroatoms. The van der Waals surface area contributed by atoms with E-state index in [1.807, 2.05) is 6.07 Å². The van der Waals surface area contributed by atoms with Crippen LogP contribution in [-0.2, 0) is 11.3 Å². The molecule has 0 radical (unpaired) electrons. The van der Waals surface area contributed by atoms with Crippen molar-refractivity contribution in [2.75, 3.05) is 19.0 Å². The number of fused-ring (bicyclic) bond motifs is 1. The van der Waals surface area contributed by atoms with Crippen molar-refractivity contribution < 1.29 is 23.8 Å². The topological polar surface area (TPSA) is 104 Å². The first-order chi connectivity index (χ1) is 16.2. The minimum atomic E-state index is -0.818. The molecule has 3 rings (SSSR count). The van der Waals surface area contributed by atoms with Crippen LogP contribution in [0.2, 0.25) is 5.02 Å². The summed E-state index contributed by atoms with van der Waals surface area (Å²) in [6.07, 6.45) is 0.679. The first-order valence-corrected chi connectivity index (χ1v) is 10.7. The first-order valence-electron chi connectivity index (χ1n) is 10.3. The van der Waals surface area contributed by atoms with Gasteiger partial charge >= 0.3 is 12.1 Å². The van der Waals surface area contributed by atoms with E-state index in [0.717, 1.165) is 5.56 Å². The minimum Gasteiger partial charge on any atom is -0.513 e. The van der Waals surface area contributed by atoms with Crippen LogP contribution in [0.5, 0.6) is 0 Å². The number of likely N-dealkylation sites (N-methyl/N-ethyl adjacent to an activating group) is 1. The zero-order valence-corrected chi connectivity index (χ0v) is 19.2. The van der Waals surface area contributed by atoms with Crippen molar-refractivity contribution in [3.63, 3.8) is 0 Å². The van der Waals surface area contributed by atoms with Crippen LogP contribution in [-0.4, -0.2) is 46.8 Å². The Balaban J connectivity index is 1.58. The summed E-state index contributed by atoms with van der Waals surface area (Å²) in [5.41, 5.74) is 0.743. The molecule has 1 atom stereocenters. The highest BCUT2D eigenvalue weighted by molar-refractivity contribution is 6.31. The van der Waals surface area contributed by atoms with Gasteiger partial charge in [0.2, 0.25) is 0 Å². The highest BCUT2D eigenvalue weighted by atomic mass is 35.5. The van der Waals surface area contributed by atoms with Gasteiger partial charge in [0, 0.05) is 36.6 Å². The fraction of sp³-hybridized carbons (Fsp3) is 0.208. The van der Waals surface area contributed by atoms with Gasteiger partial charge in [0.1, 0.15) is 18.2 Å². The molecule has 0 saturated carbocycles. The van der Waals surface area contributed by atoms with Crippen LogP contribution < -0.4 is 10.6 Å². The SMILES string of the molecule is C=C(O)C[C@@H](COC(=O)Nc1cc2cc(F)ccc2cn1)N(C)C(=O)NCc1ccccc1Cl. The molecule has 1 heterocycles. The molecule has 0 aliphatic heterocycles. The number of anilines is 1. The number of pyridine rings is 1.